The van der Waals surface area contributed by atoms with E-state index in [1.54, 1.807) is 0 Å². The molecule has 0 spiro atoms. The van der Waals surface area contributed by atoms with E-state index in [1.165, 1.54) is 0 Å². The Labute approximate surface area is 84.2 Å². The van der Waals surface area contributed by atoms with Gasteiger partial charge in [-0.25, -0.2) is 9.97 Å². The summed E-state index contributed by atoms with van der Waals surface area (Å²) in [5.41, 5.74) is 7.01. The van der Waals surface area contributed by atoms with Crippen molar-refractivity contribution in [2.45, 2.75) is 18.3 Å². The molecule has 1 aliphatic carbocycles. The Hall–Kier alpha value is -1.16. The average Bonchev–Trinajstić information content (AvgIpc) is 2.98. The first-order chi connectivity index (χ1) is 6.68. The third kappa shape index (κ3) is 1.46. The fourth-order valence-electron chi connectivity index (χ4n) is 1.57. The Morgan fingerprint density at radius 1 is 1.50 bits per heavy atom. The van der Waals surface area contributed by atoms with E-state index in [0.717, 1.165) is 24.5 Å². The molecule has 0 radical (unpaired) electrons. The predicted molar refractivity (Wildman–Crippen MR) is 56.3 cm³/mol. The average molecular weight is 192 g/mol. The van der Waals surface area contributed by atoms with Crippen LogP contribution < -0.4 is 10.6 Å². The quantitative estimate of drug-likeness (QED) is 0.759. The highest BCUT2D eigenvalue weighted by Gasteiger charge is 2.44. The van der Waals surface area contributed by atoms with Crippen LogP contribution in [0.2, 0.25) is 0 Å². The van der Waals surface area contributed by atoms with Gasteiger partial charge in [-0.2, -0.15) is 0 Å². The molecule has 1 aromatic heterocycles. The first kappa shape index (κ1) is 9.40. The zero-order chi connectivity index (χ0) is 10.2. The Morgan fingerprint density at radius 2 is 2.21 bits per heavy atom. The van der Waals surface area contributed by atoms with Crippen molar-refractivity contribution in [2.75, 3.05) is 25.5 Å². The van der Waals surface area contributed by atoms with Crippen LogP contribution in [0.4, 0.5) is 5.95 Å². The summed E-state index contributed by atoms with van der Waals surface area (Å²) in [5, 5.41) is 0. The van der Waals surface area contributed by atoms with E-state index in [9.17, 15) is 0 Å². The first-order valence-electron chi connectivity index (χ1n) is 4.89. The van der Waals surface area contributed by atoms with Gasteiger partial charge in [-0.1, -0.05) is 0 Å². The number of nitrogens with zero attached hydrogens (tertiary/aromatic N) is 3. The lowest BCUT2D eigenvalue weighted by Crippen LogP contribution is -2.22. The summed E-state index contributed by atoms with van der Waals surface area (Å²) in [4.78, 5) is 10.6. The Morgan fingerprint density at radius 3 is 2.71 bits per heavy atom. The van der Waals surface area contributed by atoms with Crippen LogP contribution in [0.1, 0.15) is 18.5 Å². The molecular formula is C10H16N4. The van der Waals surface area contributed by atoms with E-state index in [1.807, 2.05) is 31.3 Å². The lowest BCUT2D eigenvalue weighted by atomic mass is 10.0. The van der Waals surface area contributed by atoms with Gasteiger partial charge in [-0.15, -0.1) is 0 Å². The summed E-state index contributed by atoms with van der Waals surface area (Å²) < 4.78 is 0. The second kappa shape index (κ2) is 3.20. The summed E-state index contributed by atoms with van der Waals surface area (Å²) in [5.74, 6) is 0.766. The summed E-state index contributed by atoms with van der Waals surface area (Å²) >= 11 is 0. The summed E-state index contributed by atoms with van der Waals surface area (Å²) in [7, 11) is 3.89. The molecule has 0 aromatic carbocycles. The van der Waals surface area contributed by atoms with Crippen LogP contribution in [0.5, 0.6) is 0 Å². The van der Waals surface area contributed by atoms with Gasteiger partial charge in [0.25, 0.3) is 0 Å². The topological polar surface area (TPSA) is 55.0 Å². The van der Waals surface area contributed by atoms with E-state index in [0.29, 0.717) is 6.54 Å². The predicted octanol–water partition coefficient (Wildman–Crippen LogP) is 0.533. The van der Waals surface area contributed by atoms with Gasteiger partial charge in [0.1, 0.15) is 0 Å². The smallest absolute Gasteiger partial charge is 0.225 e. The number of nitrogens with two attached hydrogens (primary N) is 1. The van der Waals surface area contributed by atoms with Gasteiger partial charge in [0, 0.05) is 32.3 Å². The van der Waals surface area contributed by atoms with Gasteiger partial charge < -0.3 is 10.6 Å². The molecule has 0 amide bonds. The van der Waals surface area contributed by atoms with Crippen molar-refractivity contribution < 1.29 is 0 Å². The molecule has 1 fully saturated rings. The lowest BCUT2D eigenvalue weighted by Gasteiger charge is -2.15. The van der Waals surface area contributed by atoms with Crippen LogP contribution in [-0.2, 0) is 5.41 Å². The van der Waals surface area contributed by atoms with Gasteiger partial charge in [-0.05, 0) is 18.9 Å². The standard InChI is InChI=1S/C10H16N4/c1-14(2)9-12-6-3-8(13-9)10(7-11)4-5-10/h3,6H,4-5,7,11H2,1-2H3. The highest BCUT2D eigenvalue weighted by atomic mass is 15.2. The van der Waals surface area contributed by atoms with Gasteiger partial charge in [0.05, 0.1) is 5.69 Å². The minimum Gasteiger partial charge on any atom is -0.347 e. The van der Waals surface area contributed by atoms with Gasteiger partial charge >= 0.3 is 0 Å². The van der Waals surface area contributed by atoms with E-state index < -0.39 is 0 Å². The molecule has 1 aromatic rings. The van der Waals surface area contributed by atoms with Crippen molar-refractivity contribution in [3.8, 4) is 0 Å². The van der Waals surface area contributed by atoms with E-state index in [-0.39, 0.29) is 5.41 Å². The molecular weight excluding hydrogens is 176 g/mol. The minimum absolute atomic E-state index is 0.160. The number of rotatable bonds is 3. The van der Waals surface area contributed by atoms with E-state index in [2.05, 4.69) is 9.97 Å². The van der Waals surface area contributed by atoms with Crippen molar-refractivity contribution in [1.82, 2.24) is 9.97 Å². The minimum atomic E-state index is 0.160. The number of hydrogen-bond acceptors (Lipinski definition) is 4. The number of aromatic nitrogens is 2. The van der Waals surface area contributed by atoms with E-state index >= 15 is 0 Å². The zero-order valence-corrected chi connectivity index (χ0v) is 8.70. The molecule has 0 saturated heterocycles. The SMILES string of the molecule is CN(C)c1nccc(C2(CN)CC2)n1. The largest absolute Gasteiger partial charge is 0.347 e. The summed E-state index contributed by atoms with van der Waals surface area (Å²) in [6, 6.07) is 1.98. The van der Waals surface area contributed by atoms with E-state index in [4.69, 9.17) is 5.73 Å². The molecule has 1 heterocycles. The molecule has 0 unspecified atom stereocenters. The maximum atomic E-state index is 5.75. The molecule has 4 nitrogen and oxygen atoms in total. The van der Waals surface area contributed by atoms with Crippen LogP contribution in [0.3, 0.4) is 0 Å². The monoisotopic (exact) mass is 192 g/mol. The fraction of sp³-hybridized carbons (Fsp3) is 0.600. The second-order valence-corrected chi connectivity index (χ2v) is 4.12. The molecule has 2 N–H and O–H groups in total. The Bertz CT molecular complexity index is 331. The number of anilines is 1. The lowest BCUT2D eigenvalue weighted by molar-refractivity contribution is 0.674. The van der Waals surface area contributed by atoms with Gasteiger partial charge in [0.2, 0.25) is 5.95 Å². The van der Waals surface area contributed by atoms with Gasteiger partial charge in [0.15, 0.2) is 0 Å². The van der Waals surface area contributed by atoms with Crippen LogP contribution >= 0.6 is 0 Å². The number of hydrogen-bond donors (Lipinski definition) is 1. The van der Waals surface area contributed by atoms with Crippen molar-refractivity contribution in [3.63, 3.8) is 0 Å². The van der Waals surface area contributed by atoms with Crippen molar-refractivity contribution in [1.29, 1.82) is 0 Å². The van der Waals surface area contributed by atoms with Crippen molar-refractivity contribution in [2.24, 2.45) is 5.73 Å². The summed E-state index contributed by atoms with van der Waals surface area (Å²) in [6.07, 6.45) is 4.13. The molecule has 0 aliphatic heterocycles. The normalized spacial score (nSPS) is 17.9. The highest BCUT2D eigenvalue weighted by Crippen LogP contribution is 2.46. The molecule has 4 heteroatoms. The Kier molecular flexibility index (Phi) is 2.15. The maximum Gasteiger partial charge on any atom is 0.225 e. The second-order valence-electron chi connectivity index (χ2n) is 4.12. The summed E-state index contributed by atoms with van der Waals surface area (Å²) in [6.45, 7) is 0.691. The molecule has 1 aliphatic rings. The van der Waals surface area contributed by atoms with Crippen LogP contribution in [0.25, 0.3) is 0 Å². The molecule has 0 atom stereocenters. The molecule has 14 heavy (non-hydrogen) atoms. The fourth-order valence-corrected chi connectivity index (χ4v) is 1.57. The van der Waals surface area contributed by atoms with Crippen molar-refractivity contribution in [3.05, 3.63) is 18.0 Å². The zero-order valence-electron chi connectivity index (χ0n) is 8.70. The van der Waals surface area contributed by atoms with Crippen LogP contribution in [0.15, 0.2) is 12.3 Å². The molecule has 1 saturated carbocycles. The van der Waals surface area contributed by atoms with Crippen LogP contribution in [-0.4, -0.2) is 30.6 Å². The van der Waals surface area contributed by atoms with Crippen LogP contribution in [0, 0.1) is 0 Å². The first-order valence-corrected chi connectivity index (χ1v) is 4.89. The Balaban J connectivity index is 2.31. The van der Waals surface area contributed by atoms with Crippen molar-refractivity contribution >= 4 is 5.95 Å². The third-order valence-electron chi connectivity index (χ3n) is 2.83. The molecule has 76 valence electrons. The molecule has 2 rings (SSSR count). The maximum absolute atomic E-state index is 5.75. The highest BCUT2D eigenvalue weighted by molar-refractivity contribution is 5.33. The third-order valence-corrected chi connectivity index (χ3v) is 2.83. The van der Waals surface area contributed by atoms with Gasteiger partial charge in [-0.3, -0.25) is 0 Å². The molecule has 0 bridgehead atoms.